The number of hydrogen-bond donors (Lipinski definition) is 2. The fourth-order valence-electron chi connectivity index (χ4n) is 2.63. The highest BCUT2D eigenvalue weighted by molar-refractivity contribution is 5.36. The van der Waals surface area contributed by atoms with Crippen LogP contribution in [-0.4, -0.2) is 35.2 Å². The third kappa shape index (κ3) is 3.68. The van der Waals surface area contributed by atoms with Crippen LogP contribution in [0.4, 0.5) is 11.9 Å². The van der Waals surface area contributed by atoms with Gasteiger partial charge >= 0.3 is 6.01 Å². The predicted molar refractivity (Wildman–Crippen MR) is 75.6 cm³/mol. The maximum atomic E-state index is 5.09. The van der Waals surface area contributed by atoms with Gasteiger partial charge in [0.2, 0.25) is 11.9 Å². The van der Waals surface area contributed by atoms with E-state index in [4.69, 9.17) is 4.74 Å². The molecule has 106 valence electrons. The Labute approximate surface area is 114 Å². The largest absolute Gasteiger partial charge is 0.467 e. The Morgan fingerprint density at radius 3 is 2.58 bits per heavy atom. The molecule has 6 heteroatoms. The second-order valence-electron chi connectivity index (χ2n) is 5.82. The van der Waals surface area contributed by atoms with E-state index < -0.39 is 0 Å². The van der Waals surface area contributed by atoms with Gasteiger partial charge in [0.05, 0.1) is 7.11 Å². The van der Waals surface area contributed by atoms with E-state index in [2.05, 4.69) is 39.4 Å². The first-order valence-corrected chi connectivity index (χ1v) is 6.77. The van der Waals surface area contributed by atoms with Gasteiger partial charge in [-0.3, -0.25) is 0 Å². The molecular weight excluding hydrogens is 242 g/mol. The molecular formula is C13H23N5O. The minimum Gasteiger partial charge on any atom is -0.467 e. The maximum absolute atomic E-state index is 5.09. The summed E-state index contributed by atoms with van der Waals surface area (Å²) in [5, 5.41) is 6.32. The molecule has 2 N–H and O–H groups in total. The highest BCUT2D eigenvalue weighted by atomic mass is 16.5. The zero-order chi connectivity index (χ0) is 13.9. The summed E-state index contributed by atoms with van der Waals surface area (Å²) < 4.78 is 5.09. The van der Waals surface area contributed by atoms with E-state index in [1.807, 2.05) is 0 Å². The fourth-order valence-corrected chi connectivity index (χ4v) is 2.63. The lowest BCUT2D eigenvalue weighted by atomic mass is 9.75. The molecule has 1 unspecified atom stereocenters. The molecule has 1 heterocycles. The molecule has 2 rings (SSSR count). The van der Waals surface area contributed by atoms with Crippen molar-refractivity contribution >= 4 is 11.9 Å². The molecule has 1 aromatic heterocycles. The first kappa shape index (κ1) is 13.8. The molecule has 0 amide bonds. The molecule has 19 heavy (non-hydrogen) atoms. The Kier molecular flexibility index (Phi) is 4.07. The van der Waals surface area contributed by atoms with Crippen molar-refractivity contribution in [3.63, 3.8) is 0 Å². The van der Waals surface area contributed by atoms with Crippen molar-refractivity contribution in [2.24, 2.45) is 5.41 Å². The number of anilines is 2. The molecule has 0 bridgehead atoms. The summed E-state index contributed by atoms with van der Waals surface area (Å²) in [6.45, 7) is 4.63. The van der Waals surface area contributed by atoms with Gasteiger partial charge in [0.1, 0.15) is 0 Å². The number of ether oxygens (including phenoxy) is 1. The number of rotatable bonds is 4. The SMILES string of the molecule is CNc1nc(NC2CCCC(C)(C)C2)nc(OC)n1. The molecule has 6 nitrogen and oxygen atoms in total. The first-order valence-electron chi connectivity index (χ1n) is 6.77. The van der Waals surface area contributed by atoms with E-state index in [9.17, 15) is 0 Å². The second kappa shape index (κ2) is 5.59. The summed E-state index contributed by atoms with van der Waals surface area (Å²) in [5.74, 6) is 1.10. The zero-order valence-corrected chi connectivity index (χ0v) is 12.2. The van der Waals surface area contributed by atoms with Gasteiger partial charge in [0.15, 0.2) is 0 Å². The number of nitrogens with zero attached hydrogens (tertiary/aromatic N) is 3. The molecule has 1 fully saturated rings. The summed E-state index contributed by atoms with van der Waals surface area (Å²) in [6, 6.07) is 0.748. The van der Waals surface area contributed by atoms with E-state index in [0.717, 1.165) is 12.8 Å². The summed E-state index contributed by atoms with van der Waals surface area (Å²) in [7, 11) is 3.34. The lowest BCUT2D eigenvalue weighted by Crippen LogP contribution is -2.32. The molecule has 1 aliphatic carbocycles. The van der Waals surface area contributed by atoms with Crippen molar-refractivity contribution in [1.82, 2.24) is 15.0 Å². The minimum absolute atomic E-state index is 0.330. The molecule has 1 atom stereocenters. The summed E-state index contributed by atoms with van der Waals surface area (Å²) in [5.41, 5.74) is 0.388. The molecule has 1 saturated carbocycles. The van der Waals surface area contributed by atoms with Gasteiger partial charge in [-0.2, -0.15) is 15.0 Å². The fraction of sp³-hybridized carbons (Fsp3) is 0.769. The van der Waals surface area contributed by atoms with E-state index in [-0.39, 0.29) is 0 Å². The smallest absolute Gasteiger partial charge is 0.322 e. The molecule has 1 aliphatic rings. The number of aromatic nitrogens is 3. The van der Waals surface area contributed by atoms with E-state index in [1.165, 1.54) is 12.8 Å². The van der Waals surface area contributed by atoms with Crippen LogP contribution in [-0.2, 0) is 0 Å². The van der Waals surface area contributed by atoms with Crippen LogP contribution in [0, 0.1) is 5.41 Å². The first-order chi connectivity index (χ1) is 9.02. The van der Waals surface area contributed by atoms with E-state index in [1.54, 1.807) is 14.2 Å². The van der Waals surface area contributed by atoms with Crippen LogP contribution >= 0.6 is 0 Å². The molecule has 0 radical (unpaired) electrons. The molecule has 0 saturated heterocycles. The average Bonchev–Trinajstić information content (AvgIpc) is 2.37. The van der Waals surface area contributed by atoms with Crippen molar-refractivity contribution in [3.8, 4) is 6.01 Å². The third-order valence-corrected chi connectivity index (χ3v) is 3.56. The Morgan fingerprint density at radius 2 is 1.95 bits per heavy atom. The van der Waals surface area contributed by atoms with Gasteiger partial charge < -0.3 is 15.4 Å². The molecule has 0 spiro atoms. The third-order valence-electron chi connectivity index (χ3n) is 3.56. The van der Waals surface area contributed by atoms with Gasteiger partial charge in [-0.25, -0.2) is 0 Å². The van der Waals surface area contributed by atoms with Crippen molar-refractivity contribution in [2.75, 3.05) is 24.8 Å². The molecule has 1 aromatic rings. The van der Waals surface area contributed by atoms with Crippen LogP contribution in [0.2, 0.25) is 0 Å². The van der Waals surface area contributed by atoms with Gasteiger partial charge in [0.25, 0.3) is 0 Å². The van der Waals surface area contributed by atoms with Gasteiger partial charge in [-0.05, 0) is 24.7 Å². The Balaban J connectivity index is 2.09. The van der Waals surface area contributed by atoms with Crippen molar-refractivity contribution < 1.29 is 4.74 Å². The van der Waals surface area contributed by atoms with Gasteiger partial charge in [0, 0.05) is 13.1 Å². The van der Waals surface area contributed by atoms with Crippen molar-refractivity contribution in [1.29, 1.82) is 0 Å². The summed E-state index contributed by atoms with van der Waals surface area (Å²) in [4.78, 5) is 12.7. The van der Waals surface area contributed by atoms with Gasteiger partial charge in [-0.1, -0.05) is 20.3 Å². The quantitative estimate of drug-likeness (QED) is 0.870. The van der Waals surface area contributed by atoms with Crippen LogP contribution in [0.5, 0.6) is 6.01 Å². The zero-order valence-electron chi connectivity index (χ0n) is 12.2. The van der Waals surface area contributed by atoms with Crippen molar-refractivity contribution in [3.05, 3.63) is 0 Å². The predicted octanol–water partition coefficient (Wildman–Crippen LogP) is 2.30. The lowest BCUT2D eigenvalue weighted by molar-refractivity contribution is 0.229. The van der Waals surface area contributed by atoms with E-state index in [0.29, 0.717) is 29.4 Å². The average molecular weight is 265 g/mol. The Morgan fingerprint density at radius 1 is 1.21 bits per heavy atom. The number of nitrogens with one attached hydrogen (secondary N) is 2. The van der Waals surface area contributed by atoms with Crippen LogP contribution in [0.1, 0.15) is 39.5 Å². The molecule has 0 aromatic carbocycles. The highest BCUT2D eigenvalue weighted by Gasteiger charge is 2.28. The maximum Gasteiger partial charge on any atom is 0.322 e. The normalized spacial score (nSPS) is 21.8. The standard InChI is InChI=1S/C13H23N5O/c1-13(2)7-5-6-9(8-13)15-11-16-10(14-3)17-12(18-11)19-4/h9H,5-8H2,1-4H3,(H2,14,15,16,17,18). The van der Waals surface area contributed by atoms with Crippen LogP contribution in [0.25, 0.3) is 0 Å². The van der Waals surface area contributed by atoms with E-state index >= 15 is 0 Å². The molecule has 0 aliphatic heterocycles. The monoisotopic (exact) mass is 265 g/mol. The van der Waals surface area contributed by atoms with Gasteiger partial charge in [-0.15, -0.1) is 0 Å². The Bertz CT molecular complexity index is 413. The van der Waals surface area contributed by atoms with Crippen molar-refractivity contribution in [2.45, 2.75) is 45.6 Å². The van der Waals surface area contributed by atoms with Crippen LogP contribution < -0.4 is 15.4 Å². The summed E-state index contributed by atoms with van der Waals surface area (Å²) >= 11 is 0. The topological polar surface area (TPSA) is 72.0 Å². The summed E-state index contributed by atoms with van der Waals surface area (Å²) in [6.07, 6.45) is 4.82. The highest BCUT2D eigenvalue weighted by Crippen LogP contribution is 2.36. The number of methoxy groups -OCH3 is 1. The Hall–Kier alpha value is -1.59. The van der Waals surface area contributed by atoms with Crippen LogP contribution in [0.15, 0.2) is 0 Å². The lowest BCUT2D eigenvalue weighted by Gasteiger charge is -2.35. The van der Waals surface area contributed by atoms with Crippen LogP contribution in [0.3, 0.4) is 0 Å². The minimum atomic E-state index is 0.330. The number of hydrogen-bond acceptors (Lipinski definition) is 6. The second-order valence-corrected chi connectivity index (χ2v) is 5.82.